The van der Waals surface area contributed by atoms with Crippen LogP contribution < -0.4 is 10.5 Å². The Morgan fingerprint density at radius 2 is 2.11 bits per heavy atom. The fraction of sp³-hybridized carbons (Fsp3) is 0.385. The number of hydrogen-bond donors (Lipinski definition) is 1. The Morgan fingerprint density at radius 1 is 1.33 bits per heavy atom. The quantitative estimate of drug-likeness (QED) is 0.921. The van der Waals surface area contributed by atoms with Gasteiger partial charge in [0.25, 0.3) is 0 Å². The smallest absolute Gasteiger partial charge is 0.216 e. The van der Waals surface area contributed by atoms with Crippen LogP contribution in [-0.4, -0.2) is 17.1 Å². The second-order valence-corrected chi connectivity index (χ2v) is 5.35. The normalized spacial score (nSPS) is 12.7. The molecule has 2 aromatic heterocycles. The zero-order valence-corrected chi connectivity index (χ0v) is 11.6. The molecule has 1 unspecified atom stereocenters. The Balaban J connectivity index is 2.45. The van der Waals surface area contributed by atoms with Gasteiger partial charge in [-0.15, -0.1) is 11.3 Å². The molecule has 0 aromatic carbocycles. The molecule has 0 fully saturated rings. The topological polar surface area (TPSA) is 61.0 Å². The first-order valence-electron chi connectivity index (χ1n) is 5.84. The first-order chi connectivity index (χ1) is 8.61. The van der Waals surface area contributed by atoms with Crippen LogP contribution >= 0.6 is 11.3 Å². The van der Waals surface area contributed by atoms with Gasteiger partial charge in [0.15, 0.2) is 0 Å². The van der Waals surface area contributed by atoms with E-state index >= 15 is 0 Å². The summed E-state index contributed by atoms with van der Waals surface area (Å²) in [5, 5.41) is 2.02. The summed E-state index contributed by atoms with van der Waals surface area (Å²) in [5.74, 6) is 1.47. The summed E-state index contributed by atoms with van der Waals surface area (Å²) in [6.45, 7) is 4.11. The molecule has 0 aliphatic carbocycles. The van der Waals surface area contributed by atoms with Crippen molar-refractivity contribution in [1.29, 1.82) is 0 Å². The van der Waals surface area contributed by atoms with Gasteiger partial charge in [-0.2, -0.15) is 4.98 Å². The minimum absolute atomic E-state index is 0.182. The zero-order chi connectivity index (χ0) is 13.1. The monoisotopic (exact) mass is 263 g/mol. The molecule has 0 aliphatic heterocycles. The minimum atomic E-state index is -0.182. The minimum Gasteiger partial charge on any atom is -0.481 e. The standard InChI is InChI=1S/C13H17N3OS/c1-8(2)12(14)13-15-9(7-11(16-13)17-3)10-5-4-6-18-10/h4-8,12H,14H2,1-3H3. The van der Waals surface area contributed by atoms with Crippen molar-refractivity contribution >= 4 is 11.3 Å². The first-order valence-corrected chi connectivity index (χ1v) is 6.72. The molecule has 0 saturated heterocycles. The van der Waals surface area contributed by atoms with Crippen molar-refractivity contribution < 1.29 is 4.74 Å². The van der Waals surface area contributed by atoms with Gasteiger partial charge in [0.05, 0.1) is 23.7 Å². The molecular formula is C13H17N3OS. The van der Waals surface area contributed by atoms with E-state index in [-0.39, 0.29) is 12.0 Å². The summed E-state index contributed by atoms with van der Waals surface area (Å²) in [5.41, 5.74) is 6.97. The number of rotatable bonds is 4. The molecule has 2 N–H and O–H groups in total. The predicted molar refractivity (Wildman–Crippen MR) is 73.7 cm³/mol. The molecule has 2 rings (SSSR count). The average molecular weight is 263 g/mol. The van der Waals surface area contributed by atoms with Crippen LogP contribution in [0.2, 0.25) is 0 Å². The summed E-state index contributed by atoms with van der Waals surface area (Å²) >= 11 is 1.64. The van der Waals surface area contributed by atoms with E-state index in [2.05, 4.69) is 23.8 Å². The number of thiophene rings is 1. The molecule has 1 atom stereocenters. The summed E-state index contributed by atoms with van der Waals surface area (Å²) < 4.78 is 5.22. The lowest BCUT2D eigenvalue weighted by Crippen LogP contribution is -2.20. The Bertz CT molecular complexity index is 511. The molecule has 0 amide bonds. The van der Waals surface area contributed by atoms with Crippen molar-refractivity contribution in [2.24, 2.45) is 11.7 Å². The van der Waals surface area contributed by atoms with Crippen LogP contribution in [-0.2, 0) is 0 Å². The van der Waals surface area contributed by atoms with Crippen molar-refractivity contribution in [3.8, 4) is 16.5 Å². The molecule has 5 heteroatoms. The third kappa shape index (κ3) is 2.68. The van der Waals surface area contributed by atoms with E-state index in [1.54, 1.807) is 18.4 Å². The van der Waals surface area contributed by atoms with E-state index in [4.69, 9.17) is 10.5 Å². The van der Waals surface area contributed by atoms with Crippen LogP contribution in [0.3, 0.4) is 0 Å². The number of ether oxygens (including phenoxy) is 1. The van der Waals surface area contributed by atoms with Gasteiger partial charge < -0.3 is 10.5 Å². The number of aromatic nitrogens is 2. The molecule has 4 nitrogen and oxygen atoms in total. The molecule has 0 aliphatic rings. The molecule has 18 heavy (non-hydrogen) atoms. The van der Waals surface area contributed by atoms with E-state index in [0.29, 0.717) is 11.7 Å². The molecular weight excluding hydrogens is 246 g/mol. The van der Waals surface area contributed by atoms with Gasteiger partial charge in [-0.3, -0.25) is 0 Å². The van der Waals surface area contributed by atoms with Crippen molar-refractivity contribution in [3.05, 3.63) is 29.4 Å². The van der Waals surface area contributed by atoms with E-state index < -0.39 is 0 Å². The van der Waals surface area contributed by atoms with Crippen LogP contribution in [0.5, 0.6) is 5.88 Å². The van der Waals surface area contributed by atoms with Crippen molar-refractivity contribution in [2.45, 2.75) is 19.9 Å². The highest BCUT2D eigenvalue weighted by molar-refractivity contribution is 7.13. The van der Waals surface area contributed by atoms with Gasteiger partial charge >= 0.3 is 0 Å². The second-order valence-electron chi connectivity index (χ2n) is 4.40. The van der Waals surface area contributed by atoms with Crippen molar-refractivity contribution in [3.63, 3.8) is 0 Å². The van der Waals surface area contributed by atoms with Crippen LogP contribution in [0.4, 0.5) is 0 Å². The Morgan fingerprint density at radius 3 is 2.67 bits per heavy atom. The van der Waals surface area contributed by atoms with Crippen molar-refractivity contribution in [1.82, 2.24) is 9.97 Å². The lowest BCUT2D eigenvalue weighted by molar-refractivity contribution is 0.389. The Hall–Kier alpha value is -1.46. The molecule has 2 aromatic rings. The number of nitrogens with two attached hydrogens (primary N) is 1. The third-order valence-corrected chi connectivity index (χ3v) is 3.61. The van der Waals surface area contributed by atoms with Crippen molar-refractivity contribution in [2.75, 3.05) is 7.11 Å². The van der Waals surface area contributed by atoms with Crippen LogP contribution in [0, 0.1) is 5.92 Å². The molecule has 0 saturated carbocycles. The average Bonchev–Trinajstić information content (AvgIpc) is 2.91. The van der Waals surface area contributed by atoms with E-state index in [9.17, 15) is 0 Å². The SMILES string of the molecule is COc1cc(-c2cccs2)nc(C(N)C(C)C)n1. The number of nitrogens with zero attached hydrogens (tertiary/aromatic N) is 2. The van der Waals surface area contributed by atoms with E-state index in [0.717, 1.165) is 10.6 Å². The fourth-order valence-corrected chi connectivity index (χ4v) is 2.23. The number of hydrogen-bond acceptors (Lipinski definition) is 5. The van der Waals surface area contributed by atoms with Gasteiger partial charge in [0.2, 0.25) is 5.88 Å². The molecule has 96 valence electrons. The summed E-state index contributed by atoms with van der Waals surface area (Å²) in [4.78, 5) is 9.96. The maximum Gasteiger partial charge on any atom is 0.216 e. The van der Waals surface area contributed by atoms with Crippen LogP contribution in [0.1, 0.15) is 25.7 Å². The number of methoxy groups -OCH3 is 1. The van der Waals surface area contributed by atoms with Crippen LogP contribution in [0.15, 0.2) is 23.6 Å². The third-order valence-electron chi connectivity index (χ3n) is 2.72. The summed E-state index contributed by atoms with van der Waals surface area (Å²) in [6, 6.07) is 5.68. The lowest BCUT2D eigenvalue weighted by Gasteiger charge is -2.15. The maximum atomic E-state index is 6.11. The molecule has 0 radical (unpaired) electrons. The highest BCUT2D eigenvalue weighted by Gasteiger charge is 2.16. The Labute approximate surface area is 111 Å². The van der Waals surface area contributed by atoms with Gasteiger partial charge in [-0.1, -0.05) is 19.9 Å². The first kappa shape index (κ1) is 13.0. The van der Waals surface area contributed by atoms with E-state index in [1.165, 1.54) is 0 Å². The lowest BCUT2D eigenvalue weighted by atomic mass is 10.0. The van der Waals surface area contributed by atoms with Gasteiger partial charge in [0, 0.05) is 6.07 Å². The Kier molecular flexibility index (Phi) is 3.93. The fourth-order valence-electron chi connectivity index (χ4n) is 1.55. The van der Waals surface area contributed by atoms with Crippen LogP contribution in [0.25, 0.3) is 10.6 Å². The highest BCUT2D eigenvalue weighted by atomic mass is 32.1. The van der Waals surface area contributed by atoms with E-state index in [1.807, 2.05) is 23.6 Å². The molecule has 0 bridgehead atoms. The predicted octanol–water partition coefficient (Wildman–Crippen LogP) is 2.87. The largest absolute Gasteiger partial charge is 0.481 e. The van der Waals surface area contributed by atoms with Gasteiger partial charge in [0.1, 0.15) is 5.82 Å². The molecule has 2 heterocycles. The zero-order valence-electron chi connectivity index (χ0n) is 10.8. The summed E-state index contributed by atoms with van der Waals surface area (Å²) in [6.07, 6.45) is 0. The van der Waals surface area contributed by atoms with Gasteiger partial charge in [-0.05, 0) is 17.4 Å². The summed E-state index contributed by atoms with van der Waals surface area (Å²) in [7, 11) is 1.60. The molecule has 0 spiro atoms. The second kappa shape index (κ2) is 5.46. The maximum absolute atomic E-state index is 6.11. The van der Waals surface area contributed by atoms with Gasteiger partial charge in [-0.25, -0.2) is 4.98 Å². The highest BCUT2D eigenvalue weighted by Crippen LogP contribution is 2.27.